The van der Waals surface area contributed by atoms with E-state index in [1.807, 2.05) is 49.4 Å². The Hall–Kier alpha value is -4.20. The van der Waals surface area contributed by atoms with Gasteiger partial charge in [0.2, 0.25) is 0 Å². The molecule has 0 aliphatic carbocycles. The summed E-state index contributed by atoms with van der Waals surface area (Å²) in [6.45, 7) is 3.55. The van der Waals surface area contributed by atoms with Crippen LogP contribution in [-0.2, 0) is 11.3 Å². The number of amides is 1. The number of fused-ring (bicyclic) bond motifs is 1. The summed E-state index contributed by atoms with van der Waals surface area (Å²) in [5.74, 6) is 1.40. The number of carbonyl (C=O) groups is 1. The molecule has 1 aliphatic heterocycles. The number of nitrogens with one attached hydrogen (secondary N) is 1. The minimum atomic E-state index is -0.443. The number of benzene rings is 2. The Labute approximate surface area is 197 Å². The van der Waals surface area contributed by atoms with Crippen LogP contribution in [0.2, 0.25) is 0 Å². The first-order valence-corrected chi connectivity index (χ1v) is 11.2. The fraction of sp³-hybridized carbons (Fsp3) is 0.231. The maximum absolute atomic E-state index is 12.3. The van der Waals surface area contributed by atoms with Gasteiger partial charge in [0.15, 0.2) is 5.82 Å². The Bertz CT molecular complexity index is 1330. The van der Waals surface area contributed by atoms with Crippen molar-refractivity contribution in [2.24, 2.45) is 0 Å². The zero-order valence-electron chi connectivity index (χ0n) is 18.8. The van der Waals surface area contributed by atoms with Crippen LogP contribution in [-0.4, -0.2) is 45.3 Å². The molecule has 34 heavy (non-hydrogen) atoms. The van der Waals surface area contributed by atoms with Crippen molar-refractivity contribution >= 4 is 22.8 Å². The molecule has 3 heterocycles. The van der Waals surface area contributed by atoms with Gasteiger partial charge in [-0.25, -0.2) is 14.8 Å². The number of carbonyl (C=O) groups excluding carboxylic acids is 1. The molecule has 8 nitrogen and oxygen atoms in total. The van der Waals surface area contributed by atoms with Crippen molar-refractivity contribution in [1.29, 1.82) is 0 Å². The number of phenols is 1. The summed E-state index contributed by atoms with van der Waals surface area (Å²) in [6.07, 6.45) is 3.67. The molecule has 0 spiro atoms. The summed E-state index contributed by atoms with van der Waals surface area (Å²) < 4.78 is 5.35. The SMILES string of the molecule is Cc1ccc2c(N3CCC(NC(=O)OCc4ccncc4)C3)nc(-c3ccccc3O)nc2c1. The second-order valence-corrected chi connectivity index (χ2v) is 8.42. The van der Waals surface area contributed by atoms with Crippen LogP contribution in [0.1, 0.15) is 17.5 Å². The smallest absolute Gasteiger partial charge is 0.407 e. The molecule has 1 unspecified atom stereocenters. The Morgan fingerprint density at radius 1 is 1.15 bits per heavy atom. The number of pyridine rings is 1. The number of aromatic hydroxyl groups is 1. The lowest BCUT2D eigenvalue weighted by molar-refractivity contribution is 0.136. The molecule has 172 valence electrons. The molecule has 0 radical (unpaired) electrons. The number of hydrogen-bond acceptors (Lipinski definition) is 7. The van der Waals surface area contributed by atoms with Gasteiger partial charge >= 0.3 is 6.09 Å². The van der Waals surface area contributed by atoms with Crippen molar-refractivity contribution in [2.75, 3.05) is 18.0 Å². The minimum Gasteiger partial charge on any atom is -0.507 e. The number of aromatic nitrogens is 3. The van der Waals surface area contributed by atoms with Gasteiger partial charge in [0.1, 0.15) is 18.2 Å². The molecule has 2 N–H and O–H groups in total. The number of ether oxygens (including phenoxy) is 1. The number of para-hydroxylation sites is 1. The van der Waals surface area contributed by atoms with Crippen molar-refractivity contribution in [2.45, 2.75) is 26.0 Å². The number of alkyl carbamates (subject to hydrolysis) is 1. The third-order valence-electron chi connectivity index (χ3n) is 5.91. The first-order valence-electron chi connectivity index (χ1n) is 11.2. The average molecular weight is 456 g/mol. The topological polar surface area (TPSA) is 100 Å². The first kappa shape index (κ1) is 21.6. The van der Waals surface area contributed by atoms with Crippen LogP contribution in [0.25, 0.3) is 22.3 Å². The lowest BCUT2D eigenvalue weighted by atomic mass is 10.1. The standard InChI is InChI=1S/C26H25N5O3/c1-17-6-7-20-22(14-17)29-24(21-4-2-3-5-23(21)32)30-25(20)31-13-10-19(15-31)28-26(33)34-16-18-8-11-27-12-9-18/h2-9,11-12,14,19,32H,10,13,15-16H2,1H3,(H,28,33). The van der Waals surface area contributed by atoms with E-state index in [0.717, 1.165) is 40.8 Å². The van der Waals surface area contributed by atoms with Crippen molar-refractivity contribution in [3.63, 3.8) is 0 Å². The normalized spacial score (nSPS) is 15.4. The van der Waals surface area contributed by atoms with Crippen molar-refractivity contribution in [3.05, 3.63) is 78.1 Å². The lowest BCUT2D eigenvalue weighted by Gasteiger charge is -2.21. The minimum absolute atomic E-state index is 0.0611. The van der Waals surface area contributed by atoms with Gasteiger partial charge < -0.3 is 20.1 Å². The number of nitrogens with zero attached hydrogens (tertiary/aromatic N) is 4. The van der Waals surface area contributed by atoms with Crippen LogP contribution in [0.3, 0.4) is 0 Å². The van der Waals surface area contributed by atoms with Crippen LogP contribution in [0.4, 0.5) is 10.6 Å². The van der Waals surface area contributed by atoms with E-state index >= 15 is 0 Å². The maximum atomic E-state index is 12.3. The highest BCUT2D eigenvalue weighted by Gasteiger charge is 2.27. The molecule has 1 saturated heterocycles. The molecule has 5 rings (SSSR count). The predicted molar refractivity (Wildman–Crippen MR) is 130 cm³/mol. The van der Waals surface area contributed by atoms with E-state index in [9.17, 15) is 9.90 Å². The average Bonchev–Trinajstić information content (AvgIpc) is 3.31. The lowest BCUT2D eigenvalue weighted by Crippen LogP contribution is -2.37. The molecule has 1 amide bonds. The summed E-state index contributed by atoms with van der Waals surface area (Å²) in [5.41, 5.74) is 3.38. The summed E-state index contributed by atoms with van der Waals surface area (Å²) in [6, 6.07) is 16.7. The largest absolute Gasteiger partial charge is 0.507 e. The summed E-state index contributed by atoms with van der Waals surface area (Å²) in [7, 11) is 0. The molecule has 1 atom stereocenters. The molecule has 0 saturated carbocycles. The van der Waals surface area contributed by atoms with Crippen LogP contribution >= 0.6 is 0 Å². The van der Waals surface area contributed by atoms with E-state index in [4.69, 9.17) is 14.7 Å². The first-order chi connectivity index (χ1) is 16.6. The number of anilines is 1. The third kappa shape index (κ3) is 4.61. The van der Waals surface area contributed by atoms with Crippen LogP contribution < -0.4 is 10.2 Å². The predicted octanol–water partition coefficient (Wildman–Crippen LogP) is 4.21. The molecular formula is C26H25N5O3. The molecule has 1 fully saturated rings. The highest BCUT2D eigenvalue weighted by molar-refractivity contribution is 5.92. The van der Waals surface area contributed by atoms with E-state index < -0.39 is 6.09 Å². The summed E-state index contributed by atoms with van der Waals surface area (Å²) in [5, 5.41) is 14.3. The van der Waals surface area contributed by atoms with Crippen LogP contribution in [0.15, 0.2) is 67.0 Å². The van der Waals surface area contributed by atoms with Gasteiger partial charge in [0, 0.05) is 30.9 Å². The summed E-state index contributed by atoms with van der Waals surface area (Å²) in [4.78, 5) is 28.0. The highest BCUT2D eigenvalue weighted by atomic mass is 16.5. The van der Waals surface area contributed by atoms with Gasteiger partial charge in [-0.3, -0.25) is 4.98 Å². The molecular weight excluding hydrogens is 430 g/mol. The zero-order chi connectivity index (χ0) is 23.5. The highest BCUT2D eigenvalue weighted by Crippen LogP contribution is 2.33. The molecule has 2 aromatic heterocycles. The number of phenolic OH excluding ortho intramolecular Hbond substituents is 1. The Morgan fingerprint density at radius 3 is 2.79 bits per heavy atom. The fourth-order valence-corrected chi connectivity index (χ4v) is 4.15. The van der Waals surface area contributed by atoms with Gasteiger partial charge in [-0.15, -0.1) is 0 Å². The van der Waals surface area contributed by atoms with E-state index in [-0.39, 0.29) is 18.4 Å². The van der Waals surface area contributed by atoms with E-state index in [1.165, 1.54) is 0 Å². The number of aryl methyl sites for hydroxylation is 1. The number of rotatable bonds is 5. The zero-order valence-corrected chi connectivity index (χ0v) is 18.8. The maximum Gasteiger partial charge on any atom is 0.407 e. The van der Waals surface area contributed by atoms with Crippen molar-refractivity contribution < 1.29 is 14.6 Å². The molecule has 4 aromatic rings. The second kappa shape index (κ2) is 9.35. The molecule has 0 bridgehead atoms. The van der Waals surface area contributed by atoms with Crippen LogP contribution in [0, 0.1) is 6.92 Å². The van der Waals surface area contributed by atoms with E-state index in [0.29, 0.717) is 17.9 Å². The Balaban J connectivity index is 1.35. The molecule has 1 aliphatic rings. The molecule has 8 heteroatoms. The fourth-order valence-electron chi connectivity index (χ4n) is 4.15. The van der Waals surface area contributed by atoms with Gasteiger partial charge in [-0.05, 0) is 60.9 Å². The van der Waals surface area contributed by atoms with E-state index in [2.05, 4.69) is 15.2 Å². The second-order valence-electron chi connectivity index (χ2n) is 8.42. The van der Waals surface area contributed by atoms with E-state index in [1.54, 1.807) is 24.5 Å². The summed E-state index contributed by atoms with van der Waals surface area (Å²) >= 11 is 0. The van der Waals surface area contributed by atoms with Crippen molar-refractivity contribution in [3.8, 4) is 17.1 Å². The quantitative estimate of drug-likeness (QED) is 0.465. The number of hydrogen-bond donors (Lipinski definition) is 2. The van der Waals surface area contributed by atoms with Crippen LogP contribution in [0.5, 0.6) is 5.75 Å². The van der Waals surface area contributed by atoms with Gasteiger partial charge in [-0.1, -0.05) is 18.2 Å². The van der Waals surface area contributed by atoms with Gasteiger partial charge in [0.05, 0.1) is 17.1 Å². The Kier molecular flexibility index (Phi) is 5.95. The Morgan fingerprint density at radius 2 is 1.97 bits per heavy atom. The van der Waals surface area contributed by atoms with Gasteiger partial charge in [0.25, 0.3) is 0 Å². The third-order valence-corrected chi connectivity index (χ3v) is 5.91. The van der Waals surface area contributed by atoms with Gasteiger partial charge in [-0.2, -0.15) is 0 Å². The molecule has 2 aromatic carbocycles. The van der Waals surface area contributed by atoms with Crippen molar-refractivity contribution in [1.82, 2.24) is 20.3 Å². The monoisotopic (exact) mass is 455 g/mol.